The molecule has 0 bridgehead atoms. The van der Waals surface area contributed by atoms with Crippen LogP contribution in [0.4, 0.5) is 5.13 Å². The number of hydrogen-bond acceptors (Lipinski definition) is 7. The van der Waals surface area contributed by atoms with Crippen LogP contribution in [0.5, 0.6) is 0 Å². The first-order chi connectivity index (χ1) is 11.3. The smallest absolute Gasteiger partial charge is 0.204 e. The van der Waals surface area contributed by atoms with Gasteiger partial charge in [0, 0.05) is 24.9 Å². The fraction of sp³-hybridized carbons (Fsp3) is 0.375. The average Bonchev–Trinajstić information content (AvgIpc) is 3.03. The van der Waals surface area contributed by atoms with E-state index in [1.807, 2.05) is 4.90 Å². The van der Waals surface area contributed by atoms with Crippen molar-refractivity contribution in [3.05, 3.63) is 40.9 Å². The maximum atomic E-state index is 12.6. The molecule has 8 heteroatoms. The molecule has 1 aromatic carbocycles. The molecule has 24 heavy (non-hydrogen) atoms. The van der Waals surface area contributed by atoms with E-state index in [0.717, 1.165) is 25.6 Å². The van der Waals surface area contributed by atoms with Gasteiger partial charge in [-0.15, -0.1) is 0 Å². The number of rotatable bonds is 4. The molecule has 1 aliphatic rings. The Balaban J connectivity index is 1.84. The molecule has 3 rings (SSSR count). The molecule has 1 aromatic heterocycles. The zero-order chi connectivity index (χ0) is 17.3. The molecule has 1 atom stereocenters. The van der Waals surface area contributed by atoms with Gasteiger partial charge in [-0.1, -0.05) is 23.5 Å². The Labute approximate surface area is 144 Å². The first-order valence-electron chi connectivity index (χ1n) is 7.58. The first kappa shape index (κ1) is 17.1. The number of hydrogen-bond donors (Lipinski definition) is 1. The standard InChI is InChI=1S/C16H18N2O4S2/c1-24(21,22)13-6-2-4-11(8-13)15(20)14-9-17-16(23-14)18-7-3-5-12(19)10-18/h2,4,6,8-9,12,19H,3,5,7,10H2,1H3/t12-/m0/s1. The summed E-state index contributed by atoms with van der Waals surface area (Å²) in [6, 6.07) is 6.02. The van der Waals surface area contributed by atoms with Crippen LogP contribution in [0, 0.1) is 0 Å². The van der Waals surface area contributed by atoms with Crippen LogP contribution in [0.15, 0.2) is 35.4 Å². The quantitative estimate of drug-likeness (QED) is 0.830. The zero-order valence-corrected chi connectivity index (χ0v) is 14.8. The number of anilines is 1. The summed E-state index contributed by atoms with van der Waals surface area (Å²) in [5.41, 5.74) is 0.326. The van der Waals surface area contributed by atoms with Crippen LogP contribution in [0.1, 0.15) is 28.1 Å². The van der Waals surface area contributed by atoms with Crippen LogP contribution < -0.4 is 4.90 Å². The lowest BCUT2D eigenvalue weighted by molar-refractivity contribution is 0.104. The number of aromatic nitrogens is 1. The van der Waals surface area contributed by atoms with Crippen molar-refractivity contribution < 1.29 is 18.3 Å². The Hall–Kier alpha value is -1.77. The van der Waals surface area contributed by atoms with Crippen LogP contribution in [0.3, 0.4) is 0 Å². The number of carbonyl (C=O) groups is 1. The SMILES string of the molecule is CS(=O)(=O)c1cccc(C(=O)c2cnc(N3CCC[C@H](O)C3)s2)c1. The molecule has 128 valence electrons. The molecule has 0 unspecified atom stereocenters. The monoisotopic (exact) mass is 366 g/mol. The maximum absolute atomic E-state index is 12.6. The normalized spacial score (nSPS) is 18.6. The Morgan fingerprint density at radius 1 is 1.42 bits per heavy atom. The van der Waals surface area contributed by atoms with Crippen LogP contribution in [0.2, 0.25) is 0 Å². The topological polar surface area (TPSA) is 87.6 Å². The van der Waals surface area contributed by atoms with Crippen molar-refractivity contribution in [2.24, 2.45) is 0 Å². The highest BCUT2D eigenvalue weighted by Crippen LogP contribution is 2.27. The number of piperidine rings is 1. The predicted octanol–water partition coefficient (Wildman–Crippen LogP) is 1.74. The molecule has 2 heterocycles. The number of sulfone groups is 1. The second-order valence-electron chi connectivity index (χ2n) is 5.88. The van der Waals surface area contributed by atoms with E-state index >= 15 is 0 Å². The average molecular weight is 366 g/mol. The van der Waals surface area contributed by atoms with Gasteiger partial charge in [-0.25, -0.2) is 13.4 Å². The number of benzene rings is 1. The number of aliphatic hydroxyl groups is 1. The van der Waals surface area contributed by atoms with Crippen molar-refractivity contribution in [1.82, 2.24) is 4.98 Å². The fourth-order valence-corrected chi connectivity index (χ4v) is 4.23. The van der Waals surface area contributed by atoms with Crippen molar-refractivity contribution in [1.29, 1.82) is 0 Å². The highest BCUT2D eigenvalue weighted by atomic mass is 32.2. The summed E-state index contributed by atoms with van der Waals surface area (Å²) >= 11 is 1.26. The lowest BCUT2D eigenvalue weighted by Gasteiger charge is -2.29. The van der Waals surface area contributed by atoms with Crippen molar-refractivity contribution >= 4 is 32.1 Å². The van der Waals surface area contributed by atoms with E-state index in [2.05, 4.69) is 4.98 Å². The lowest BCUT2D eigenvalue weighted by Crippen LogP contribution is -2.38. The first-order valence-corrected chi connectivity index (χ1v) is 10.3. The number of β-amino-alcohol motifs (C(OH)–C–C–N with tert-alkyl or cyclic N) is 1. The summed E-state index contributed by atoms with van der Waals surface area (Å²) in [6.07, 6.45) is 3.93. The summed E-state index contributed by atoms with van der Waals surface area (Å²) in [5.74, 6) is -0.248. The van der Waals surface area contributed by atoms with Gasteiger partial charge in [0.1, 0.15) is 0 Å². The van der Waals surface area contributed by atoms with E-state index in [4.69, 9.17) is 0 Å². The molecule has 2 aromatic rings. The summed E-state index contributed by atoms with van der Waals surface area (Å²) in [6.45, 7) is 1.33. The van der Waals surface area contributed by atoms with Crippen LogP contribution >= 0.6 is 11.3 Å². The number of thiazole rings is 1. The Morgan fingerprint density at radius 2 is 2.21 bits per heavy atom. The van der Waals surface area contributed by atoms with Gasteiger partial charge in [0.15, 0.2) is 15.0 Å². The highest BCUT2D eigenvalue weighted by molar-refractivity contribution is 7.90. The largest absolute Gasteiger partial charge is 0.391 e. The third-order valence-electron chi connectivity index (χ3n) is 3.91. The van der Waals surface area contributed by atoms with Gasteiger partial charge >= 0.3 is 0 Å². The summed E-state index contributed by atoms with van der Waals surface area (Å²) in [4.78, 5) is 19.4. The van der Waals surface area contributed by atoms with Crippen LogP contribution in [-0.4, -0.2) is 49.7 Å². The molecule has 0 radical (unpaired) electrons. The molecule has 1 aliphatic heterocycles. The van der Waals surface area contributed by atoms with Gasteiger partial charge in [-0.05, 0) is 25.0 Å². The van der Waals surface area contributed by atoms with E-state index in [0.29, 0.717) is 22.1 Å². The molecule has 1 fully saturated rings. The number of nitrogens with zero attached hydrogens (tertiary/aromatic N) is 2. The molecule has 0 amide bonds. The van der Waals surface area contributed by atoms with Gasteiger partial charge in [0.05, 0.1) is 22.1 Å². The maximum Gasteiger partial charge on any atom is 0.204 e. The molecule has 0 aliphatic carbocycles. The molecular weight excluding hydrogens is 348 g/mol. The second kappa shape index (κ2) is 6.62. The van der Waals surface area contributed by atoms with E-state index in [1.54, 1.807) is 12.1 Å². The van der Waals surface area contributed by atoms with Crippen molar-refractivity contribution in [2.45, 2.75) is 23.8 Å². The summed E-state index contributed by atoms with van der Waals surface area (Å²) < 4.78 is 23.3. The second-order valence-corrected chi connectivity index (χ2v) is 8.90. The number of ketones is 1. The van der Waals surface area contributed by atoms with Gasteiger partial charge in [0.2, 0.25) is 5.78 Å². The van der Waals surface area contributed by atoms with E-state index in [9.17, 15) is 18.3 Å². The molecule has 1 saturated heterocycles. The zero-order valence-electron chi connectivity index (χ0n) is 13.2. The highest BCUT2D eigenvalue weighted by Gasteiger charge is 2.22. The summed E-state index contributed by atoms with van der Waals surface area (Å²) in [7, 11) is -3.36. The van der Waals surface area contributed by atoms with Crippen molar-refractivity contribution in [3.8, 4) is 0 Å². The van der Waals surface area contributed by atoms with Crippen molar-refractivity contribution in [2.75, 3.05) is 24.2 Å². The fourth-order valence-electron chi connectivity index (χ4n) is 2.65. The molecular formula is C16H18N2O4S2. The Morgan fingerprint density at radius 3 is 2.92 bits per heavy atom. The summed E-state index contributed by atoms with van der Waals surface area (Å²) in [5, 5.41) is 10.5. The van der Waals surface area contributed by atoms with Gasteiger partial charge < -0.3 is 10.0 Å². The molecule has 0 saturated carbocycles. The molecule has 6 nitrogen and oxygen atoms in total. The molecule has 0 spiro atoms. The van der Waals surface area contributed by atoms with Gasteiger partial charge in [-0.3, -0.25) is 4.79 Å². The number of aliphatic hydroxyl groups excluding tert-OH is 1. The minimum absolute atomic E-state index is 0.122. The van der Waals surface area contributed by atoms with Crippen LogP contribution in [0.25, 0.3) is 0 Å². The third-order valence-corrected chi connectivity index (χ3v) is 6.08. The predicted molar refractivity (Wildman–Crippen MR) is 92.6 cm³/mol. The number of carbonyl (C=O) groups excluding carboxylic acids is 1. The molecule has 1 N–H and O–H groups in total. The minimum Gasteiger partial charge on any atom is -0.391 e. The lowest BCUT2D eigenvalue weighted by atomic mass is 10.1. The van der Waals surface area contributed by atoms with E-state index in [1.165, 1.54) is 29.7 Å². The van der Waals surface area contributed by atoms with E-state index < -0.39 is 9.84 Å². The Kier molecular flexibility index (Phi) is 4.71. The van der Waals surface area contributed by atoms with Crippen molar-refractivity contribution in [3.63, 3.8) is 0 Å². The Bertz CT molecular complexity index is 860. The van der Waals surface area contributed by atoms with Crippen LogP contribution in [-0.2, 0) is 9.84 Å². The van der Waals surface area contributed by atoms with Gasteiger partial charge in [0.25, 0.3) is 0 Å². The third kappa shape index (κ3) is 3.66. The van der Waals surface area contributed by atoms with E-state index in [-0.39, 0.29) is 16.8 Å². The minimum atomic E-state index is -3.36. The van der Waals surface area contributed by atoms with Gasteiger partial charge in [-0.2, -0.15) is 0 Å².